The fourth-order valence-corrected chi connectivity index (χ4v) is 3.40. The summed E-state index contributed by atoms with van der Waals surface area (Å²) in [4.78, 5) is 17.1. The zero-order valence-electron chi connectivity index (χ0n) is 22.0. The highest BCUT2D eigenvalue weighted by Crippen LogP contribution is 2.22. The van der Waals surface area contributed by atoms with E-state index in [-0.39, 0.29) is 0 Å². The molecule has 0 radical (unpaired) electrons. The highest BCUT2D eigenvalue weighted by atomic mass is 35.5. The van der Waals surface area contributed by atoms with Crippen molar-refractivity contribution in [1.82, 2.24) is 9.80 Å². The predicted molar refractivity (Wildman–Crippen MR) is 154 cm³/mol. The Balaban J connectivity index is 0.000000283. The number of aliphatic imine (C=N–C) groups is 3. The Morgan fingerprint density at radius 2 is 0.971 bits per heavy atom. The molecule has 3 rings (SSSR count). The van der Waals surface area contributed by atoms with Gasteiger partial charge in [0.2, 0.25) is 0 Å². The van der Waals surface area contributed by atoms with Crippen LogP contribution in [0.15, 0.2) is 69.6 Å². The molecule has 0 fully saturated rings. The van der Waals surface area contributed by atoms with Crippen molar-refractivity contribution in [3.8, 4) is 0 Å². The molecule has 0 bridgehead atoms. The predicted octanol–water partition coefficient (Wildman–Crippen LogP) is 7.74. The first-order valence-corrected chi connectivity index (χ1v) is 11.8. The number of nitrogens with zero attached hydrogens (tertiary/aromatic N) is 5. The molecule has 0 aliphatic rings. The van der Waals surface area contributed by atoms with Crippen LogP contribution in [0.1, 0.15) is 27.8 Å². The Hall–Kier alpha value is -3.44. The van der Waals surface area contributed by atoms with Crippen LogP contribution >= 0.6 is 11.6 Å². The van der Waals surface area contributed by atoms with Gasteiger partial charge in [0.15, 0.2) is 0 Å². The standard InChI is InChI=1S/C19H23N3.C10H13ClN2/c1-14-6-8-18(16(3)10-14)20-12-22(5)13-21-19-9-7-15(2)11-17(19)4;1-8-6-9(11)4-5-10(8)12-7-13(2)3/h6-13H,1-5H3;4-7H,1-3H3. The Labute approximate surface area is 215 Å². The maximum absolute atomic E-state index is 5.82. The van der Waals surface area contributed by atoms with Gasteiger partial charge in [-0.15, -0.1) is 0 Å². The van der Waals surface area contributed by atoms with E-state index < -0.39 is 0 Å². The van der Waals surface area contributed by atoms with Gasteiger partial charge in [-0.2, -0.15) is 0 Å². The zero-order valence-corrected chi connectivity index (χ0v) is 22.8. The molecule has 35 heavy (non-hydrogen) atoms. The van der Waals surface area contributed by atoms with Crippen molar-refractivity contribution in [3.63, 3.8) is 0 Å². The molecule has 0 N–H and O–H groups in total. The van der Waals surface area contributed by atoms with Gasteiger partial charge < -0.3 is 9.80 Å². The van der Waals surface area contributed by atoms with E-state index in [0.29, 0.717) is 0 Å². The molecule has 0 saturated carbocycles. The van der Waals surface area contributed by atoms with Crippen molar-refractivity contribution >= 4 is 47.7 Å². The van der Waals surface area contributed by atoms with Gasteiger partial charge in [0.1, 0.15) is 0 Å². The number of rotatable bonds is 6. The van der Waals surface area contributed by atoms with Crippen molar-refractivity contribution in [2.24, 2.45) is 15.0 Å². The van der Waals surface area contributed by atoms with Crippen LogP contribution in [-0.2, 0) is 0 Å². The number of hydrogen-bond donors (Lipinski definition) is 0. The Bertz CT molecular complexity index is 1150. The maximum Gasteiger partial charge on any atom is 0.0961 e. The number of halogens is 1. The van der Waals surface area contributed by atoms with E-state index >= 15 is 0 Å². The minimum absolute atomic E-state index is 0.751. The summed E-state index contributed by atoms with van der Waals surface area (Å²) < 4.78 is 0. The maximum atomic E-state index is 5.82. The molecule has 0 saturated heterocycles. The third-order valence-electron chi connectivity index (χ3n) is 5.05. The van der Waals surface area contributed by atoms with E-state index in [1.54, 1.807) is 19.0 Å². The van der Waals surface area contributed by atoms with Gasteiger partial charge in [0, 0.05) is 26.2 Å². The van der Waals surface area contributed by atoms with Crippen LogP contribution in [0.2, 0.25) is 5.02 Å². The van der Waals surface area contributed by atoms with Crippen LogP contribution in [0.3, 0.4) is 0 Å². The lowest BCUT2D eigenvalue weighted by molar-refractivity contribution is 0.643. The molecule has 184 valence electrons. The second-order valence-electron chi connectivity index (χ2n) is 8.87. The first-order chi connectivity index (χ1) is 16.5. The molecule has 5 nitrogen and oxygen atoms in total. The van der Waals surface area contributed by atoms with Crippen molar-refractivity contribution in [3.05, 3.63) is 87.4 Å². The molecule has 0 spiro atoms. The topological polar surface area (TPSA) is 43.6 Å². The third-order valence-corrected chi connectivity index (χ3v) is 5.28. The first kappa shape index (κ1) is 27.8. The van der Waals surface area contributed by atoms with E-state index in [0.717, 1.165) is 27.6 Å². The monoisotopic (exact) mass is 489 g/mol. The smallest absolute Gasteiger partial charge is 0.0961 e. The second-order valence-corrected chi connectivity index (χ2v) is 9.31. The van der Waals surface area contributed by atoms with E-state index in [4.69, 9.17) is 11.6 Å². The minimum Gasteiger partial charge on any atom is -0.369 e. The number of hydrogen-bond acceptors (Lipinski definition) is 3. The van der Waals surface area contributed by atoms with Crippen LogP contribution in [0.25, 0.3) is 0 Å². The lowest BCUT2D eigenvalue weighted by atomic mass is 10.1. The molecule has 0 aromatic heterocycles. The Morgan fingerprint density at radius 1 is 0.571 bits per heavy atom. The van der Waals surface area contributed by atoms with Crippen LogP contribution < -0.4 is 0 Å². The molecular weight excluding hydrogens is 454 g/mol. The quantitative estimate of drug-likeness (QED) is 0.262. The highest BCUT2D eigenvalue weighted by Gasteiger charge is 1.98. The summed E-state index contributed by atoms with van der Waals surface area (Å²) in [5.74, 6) is 0. The van der Waals surface area contributed by atoms with Crippen LogP contribution in [0, 0.1) is 34.6 Å². The molecule has 0 atom stereocenters. The summed E-state index contributed by atoms with van der Waals surface area (Å²) in [5.41, 5.74) is 8.87. The highest BCUT2D eigenvalue weighted by molar-refractivity contribution is 6.30. The molecule has 0 amide bonds. The summed E-state index contributed by atoms with van der Waals surface area (Å²) in [6.45, 7) is 10.3. The molecule has 0 aliphatic carbocycles. The lowest BCUT2D eigenvalue weighted by Crippen LogP contribution is -2.12. The van der Waals surface area contributed by atoms with E-state index in [2.05, 4.69) is 66.9 Å². The van der Waals surface area contributed by atoms with Gasteiger partial charge in [0.05, 0.1) is 36.1 Å². The number of benzene rings is 3. The summed E-state index contributed by atoms with van der Waals surface area (Å²) in [5, 5.41) is 0.751. The molecular formula is C29H36ClN5. The minimum atomic E-state index is 0.751. The fourth-order valence-electron chi connectivity index (χ4n) is 3.18. The van der Waals surface area contributed by atoms with Gasteiger partial charge >= 0.3 is 0 Å². The van der Waals surface area contributed by atoms with Gasteiger partial charge in [-0.05, 0) is 81.6 Å². The lowest BCUT2D eigenvalue weighted by Gasteiger charge is -2.07. The molecule has 0 heterocycles. The van der Waals surface area contributed by atoms with Gasteiger partial charge in [-0.3, -0.25) is 0 Å². The van der Waals surface area contributed by atoms with Crippen molar-refractivity contribution in [2.45, 2.75) is 34.6 Å². The van der Waals surface area contributed by atoms with Gasteiger partial charge in [-0.1, -0.05) is 47.0 Å². The first-order valence-electron chi connectivity index (χ1n) is 11.5. The van der Waals surface area contributed by atoms with Crippen LogP contribution in [0.5, 0.6) is 0 Å². The van der Waals surface area contributed by atoms with E-state index in [1.807, 2.05) is 68.2 Å². The Morgan fingerprint density at radius 3 is 1.37 bits per heavy atom. The molecule has 0 unspecified atom stereocenters. The summed E-state index contributed by atoms with van der Waals surface area (Å²) in [6, 6.07) is 18.2. The van der Waals surface area contributed by atoms with Crippen molar-refractivity contribution in [1.29, 1.82) is 0 Å². The number of aryl methyl sites for hydroxylation is 5. The summed E-state index contributed by atoms with van der Waals surface area (Å²) in [6.07, 6.45) is 5.34. The zero-order chi connectivity index (χ0) is 26.0. The normalized spacial score (nSPS) is 11.2. The van der Waals surface area contributed by atoms with Crippen LogP contribution in [-0.4, -0.2) is 50.0 Å². The average molecular weight is 490 g/mol. The fraction of sp³-hybridized carbons (Fsp3) is 0.276. The summed E-state index contributed by atoms with van der Waals surface area (Å²) >= 11 is 5.82. The SMILES string of the molecule is Cc1cc(Cl)ccc1N=CN(C)C.Cc1ccc(N=CN(C)C=Nc2ccc(C)cc2C)c(C)c1. The molecule has 0 aliphatic heterocycles. The van der Waals surface area contributed by atoms with E-state index in [9.17, 15) is 0 Å². The van der Waals surface area contributed by atoms with Crippen molar-refractivity contribution < 1.29 is 0 Å². The van der Waals surface area contributed by atoms with E-state index in [1.165, 1.54) is 22.3 Å². The van der Waals surface area contributed by atoms with Gasteiger partial charge in [-0.25, -0.2) is 15.0 Å². The van der Waals surface area contributed by atoms with Gasteiger partial charge in [0.25, 0.3) is 0 Å². The average Bonchev–Trinajstić information content (AvgIpc) is 2.77. The third kappa shape index (κ3) is 9.75. The largest absolute Gasteiger partial charge is 0.369 e. The van der Waals surface area contributed by atoms with Crippen molar-refractivity contribution in [2.75, 3.05) is 21.1 Å². The molecule has 6 heteroatoms. The second kappa shape index (κ2) is 13.4. The molecule has 3 aromatic carbocycles. The Kier molecular flexibility index (Phi) is 10.7. The van der Waals surface area contributed by atoms with Crippen LogP contribution in [0.4, 0.5) is 17.1 Å². The molecule has 3 aromatic rings. The summed E-state index contributed by atoms with van der Waals surface area (Å²) in [7, 11) is 5.81.